The van der Waals surface area contributed by atoms with E-state index in [2.05, 4.69) is 10.3 Å². The third-order valence-corrected chi connectivity index (χ3v) is 2.71. The van der Waals surface area contributed by atoms with Crippen molar-refractivity contribution >= 4 is 11.7 Å². The first-order chi connectivity index (χ1) is 8.66. The minimum absolute atomic E-state index is 0.289. The molecule has 0 radical (unpaired) electrons. The summed E-state index contributed by atoms with van der Waals surface area (Å²) in [5.41, 5.74) is 1.10. The van der Waals surface area contributed by atoms with E-state index >= 15 is 0 Å². The second-order valence-corrected chi connectivity index (χ2v) is 4.02. The minimum atomic E-state index is -0.914. The summed E-state index contributed by atoms with van der Waals surface area (Å²) in [7, 11) is 1.95. The van der Waals surface area contributed by atoms with Crippen LogP contribution in [0.4, 0.5) is 5.69 Å². The van der Waals surface area contributed by atoms with Gasteiger partial charge in [0.25, 0.3) is 0 Å². The lowest BCUT2D eigenvalue weighted by Gasteiger charge is -2.07. The predicted molar refractivity (Wildman–Crippen MR) is 68.8 cm³/mol. The van der Waals surface area contributed by atoms with Crippen molar-refractivity contribution in [2.24, 2.45) is 7.05 Å². The molecule has 2 N–H and O–H groups in total. The van der Waals surface area contributed by atoms with Crippen LogP contribution in [0.5, 0.6) is 0 Å². The quantitative estimate of drug-likeness (QED) is 0.842. The fraction of sp³-hybridized carbons (Fsp3) is 0.231. The summed E-state index contributed by atoms with van der Waals surface area (Å²) in [6.45, 7) is 0.716. The van der Waals surface area contributed by atoms with Crippen LogP contribution in [-0.2, 0) is 13.5 Å². The molecule has 0 unspecified atom stereocenters. The van der Waals surface area contributed by atoms with Crippen LogP contribution in [0, 0.1) is 0 Å². The lowest BCUT2D eigenvalue weighted by atomic mass is 10.2. The maximum Gasteiger partial charge on any atom is 0.335 e. The number of aromatic nitrogens is 2. The van der Waals surface area contributed by atoms with Crippen LogP contribution in [0.3, 0.4) is 0 Å². The van der Waals surface area contributed by atoms with Crippen molar-refractivity contribution in [2.45, 2.75) is 6.42 Å². The Kier molecular flexibility index (Phi) is 3.62. The number of carboxylic acids is 1. The number of benzene rings is 1. The molecular formula is C13H15N3O2. The van der Waals surface area contributed by atoms with Gasteiger partial charge in [-0.1, -0.05) is 6.07 Å². The topological polar surface area (TPSA) is 67.2 Å². The monoisotopic (exact) mass is 245 g/mol. The highest BCUT2D eigenvalue weighted by Crippen LogP contribution is 2.10. The Balaban J connectivity index is 1.92. The summed E-state index contributed by atoms with van der Waals surface area (Å²) in [5, 5.41) is 12.1. The van der Waals surface area contributed by atoms with Gasteiger partial charge in [0.2, 0.25) is 0 Å². The lowest BCUT2D eigenvalue weighted by Crippen LogP contribution is -2.09. The van der Waals surface area contributed by atoms with Gasteiger partial charge in [-0.3, -0.25) is 0 Å². The van der Waals surface area contributed by atoms with Crippen molar-refractivity contribution in [3.05, 3.63) is 48.0 Å². The predicted octanol–water partition coefficient (Wildman–Crippen LogP) is 1.77. The van der Waals surface area contributed by atoms with Crippen LogP contribution in [-0.4, -0.2) is 27.2 Å². The third kappa shape index (κ3) is 2.88. The smallest absolute Gasteiger partial charge is 0.335 e. The van der Waals surface area contributed by atoms with Gasteiger partial charge in [0, 0.05) is 38.1 Å². The largest absolute Gasteiger partial charge is 0.478 e. The second-order valence-electron chi connectivity index (χ2n) is 4.02. The van der Waals surface area contributed by atoms with Gasteiger partial charge in [0.15, 0.2) is 0 Å². The van der Waals surface area contributed by atoms with Crippen LogP contribution < -0.4 is 5.32 Å². The highest BCUT2D eigenvalue weighted by molar-refractivity contribution is 5.88. The van der Waals surface area contributed by atoms with Gasteiger partial charge in [-0.25, -0.2) is 9.78 Å². The molecule has 1 aromatic heterocycles. The summed E-state index contributed by atoms with van der Waals surface area (Å²) >= 11 is 0. The molecule has 0 amide bonds. The summed E-state index contributed by atoms with van der Waals surface area (Å²) in [6.07, 6.45) is 4.46. The van der Waals surface area contributed by atoms with E-state index in [-0.39, 0.29) is 5.56 Å². The van der Waals surface area contributed by atoms with E-state index in [0.717, 1.165) is 17.9 Å². The SMILES string of the molecule is Cn1ccnc1CCNc1cccc(C(=O)O)c1. The molecule has 0 bridgehead atoms. The van der Waals surface area contributed by atoms with Gasteiger partial charge < -0.3 is 15.0 Å². The van der Waals surface area contributed by atoms with Gasteiger partial charge >= 0.3 is 5.97 Å². The summed E-state index contributed by atoms with van der Waals surface area (Å²) in [5.74, 6) is 0.0830. The standard InChI is InChI=1S/C13H15N3O2/c1-16-8-7-15-12(16)5-6-14-11-4-2-3-10(9-11)13(17)18/h2-4,7-9,14H,5-6H2,1H3,(H,17,18). The molecule has 5 nitrogen and oxygen atoms in total. The molecule has 1 aromatic carbocycles. The van der Waals surface area contributed by atoms with Gasteiger partial charge in [-0.15, -0.1) is 0 Å². The molecule has 0 spiro atoms. The van der Waals surface area contributed by atoms with Crippen LogP contribution in [0.25, 0.3) is 0 Å². The molecule has 0 aliphatic rings. The van der Waals surface area contributed by atoms with Crippen molar-refractivity contribution in [3.8, 4) is 0 Å². The van der Waals surface area contributed by atoms with E-state index in [1.54, 1.807) is 24.4 Å². The molecule has 0 aliphatic heterocycles. The van der Waals surface area contributed by atoms with Crippen molar-refractivity contribution in [1.29, 1.82) is 0 Å². The Morgan fingerprint density at radius 2 is 2.33 bits per heavy atom. The van der Waals surface area contributed by atoms with Gasteiger partial charge in [0.05, 0.1) is 5.56 Å². The number of rotatable bonds is 5. The van der Waals surface area contributed by atoms with E-state index in [9.17, 15) is 4.79 Å². The molecule has 0 saturated heterocycles. The van der Waals surface area contributed by atoms with Gasteiger partial charge in [-0.2, -0.15) is 0 Å². The normalized spacial score (nSPS) is 10.3. The average molecular weight is 245 g/mol. The Bertz CT molecular complexity index is 549. The van der Waals surface area contributed by atoms with E-state index in [1.165, 1.54) is 0 Å². The Morgan fingerprint density at radius 3 is 3.00 bits per heavy atom. The summed E-state index contributed by atoms with van der Waals surface area (Å²) in [6, 6.07) is 6.78. The number of carbonyl (C=O) groups is 1. The fourth-order valence-corrected chi connectivity index (χ4v) is 1.72. The van der Waals surface area contributed by atoms with Crippen molar-refractivity contribution in [3.63, 3.8) is 0 Å². The first-order valence-electron chi connectivity index (χ1n) is 5.70. The van der Waals surface area contributed by atoms with E-state index < -0.39 is 5.97 Å². The highest BCUT2D eigenvalue weighted by atomic mass is 16.4. The number of carboxylic acid groups (broad SMARTS) is 1. The zero-order valence-corrected chi connectivity index (χ0v) is 10.1. The van der Waals surface area contributed by atoms with Gasteiger partial charge in [0.1, 0.15) is 5.82 Å². The van der Waals surface area contributed by atoms with Crippen molar-refractivity contribution < 1.29 is 9.90 Å². The third-order valence-electron chi connectivity index (χ3n) is 2.71. The van der Waals surface area contributed by atoms with E-state index in [4.69, 9.17) is 5.11 Å². The first kappa shape index (κ1) is 12.2. The molecular weight excluding hydrogens is 230 g/mol. The maximum absolute atomic E-state index is 10.8. The number of nitrogens with zero attached hydrogens (tertiary/aromatic N) is 2. The van der Waals surface area contributed by atoms with Crippen molar-refractivity contribution in [2.75, 3.05) is 11.9 Å². The summed E-state index contributed by atoms with van der Waals surface area (Å²) in [4.78, 5) is 15.0. The second kappa shape index (κ2) is 5.35. The number of hydrogen-bond acceptors (Lipinski definition) is 3. The van der Waals surface area contributed by atoms with Crippen LogP contribution in [0.15, 0.2) is 36.7 Å². The minimum Gasteiger partial charge on any atom is -0.478 e. The number of nitrogens with one attached hydrogen (secondary N) is 1. The Labute approximate surface area is 105 Å². The van der Waals surface area contributed by atoms with E-state index in [1.807, 2.05) is 23.9 Å². The molecule has 5 heteroatoms. The number of aromatic carboxylic acids is 1. The van der Waals surface area contributed by atoms with Gasteiger partial charge in [-0.05, 0) is 18.2 Å². The molecule has 18 heavy (non-hydrogen) atoms. The fourth-order valence-electron chi connectivity index (χ4n) is 1.72. The maximum atomic E-state index is 10.8. The number of anilines is 1. The van der Waals surface area contributed by atoms with Crippen LogP contribution in [0.2, 0.25) is 0 Å². The van der Waals surface area contributed by atoms with Crippen LogP contribution >= 0.6 is 0 Å². The molecule has 0 fully saturated rings. The molecule has 0 aliphatic carbocycles. The average Bonchev–Trinajstić information content (AvgIpc) is 2.76. The molecule has 1 heterocycles. The van der Waals surface area contributed by atoms with Crippen molar-refractivity contribution in [1.82, 2.24) is 9.55 Å². The van der Waals surface area contributed by atoms with E-state index in [0.29, 0.717) is 6.54 Å². The zero-order valence-electron chi connectivity index (χ0n) is 10.1. The molecule has 2 rings (SSSR count). The van der Waals surface area contributed by atoms with Crippen LogP contribution in [0.1, 0.15) is 16.2 Å². The first-order valence-corrected chi connectivity index (χ1v) is 5.70. The molecule has 94 valence electrons. The molecule has 0 atom stereocenters. The Hall–Kier alpha value is -2.30. The number of hydrogen-bond donors (Lipinski definition) is 2. The summed E-state index contributed by atoms with van der Waals surface area (Å²) < 4.78 is 1.97. The zero-order chi connectivity index (χ0) is 13.0. The number of aryl methyl sites for hydroxylation is 1. The lowest BCUT2D eigenvalue weighted by molar-refractivity contribution is 0.0697. The molecule has 2 aromatic rings. The highest BCUT2D eigenvalue weighted by Gasteiger charge is 2.03. The Morgan fingerprint density at radius 1 is 1.50 bits per heavy atom. The number of imidazole rings is 1. The molecule has 0 saturated carbocycles.